The summed E-state index contributed by atoms with van der Waals surface area (Å²) < 4.78 is 5.80. The van der Waals surface area contributed by atoms with Gasteiger partial charge in [-0.3, -0.25) is 0 Å². The summed E-state index contributed by atoms with van der Waals surface area (Å²) in [6.07, 6.45) is 11.7. The summed E-state index contributed by atoms with van der Waals surface area (Å²) >= 11 is 0. The van der Waals surface area contributed by atoms with Gasteiger partial charge in [-0.1, -0.05) is 26.0 Å². The molecule has 0 spiro atoms. The molecule has 4 fully saturated rings. The van der Waals surface area contributed by atoms with E-state index in [1.807, 2.05) is 6.07 Å². The van der Waals surface area contributed by atoms with Crippen LogP contribution in [0.1, 0.15) is 57.9 Å². The van der Waals surface area contributed by atoms with Gasteiger partial charge in [0, 0.05) is 24.5 Å². The van der Waals surface area contributed by atoms with Gasteiger partial charge in [-0.05, 0) is 79.0 Å². The summed E-state index contributed by atoms with van der Waals surface area (Å²) in [6.45, 7) is 5.95. The minimum Gasteiger partial charge on any atom is -0.424 e. The normalized spacial score (nSPS) is 36.7. The van der Waals surface area contributed by atoms with Crippen molar-refractivity contribution in [3.8, 4) is 11.8 Å². The topological polar surface area (TPSA) is 47.0 Å². The number of hydrogen-bond donors (Lipinski definition) is 1. The zero-order valence-electron chi connectivity index (χ0n) is 16.4. The first kappa shape index (κ1) is 17.2. The number of ether oxygens (including phenoxy) is 1. The highest BCUT2D eigenvalue weighted by Gasteiger charge is 2.59. The lowest BCUT2D eigenvalue weighted by atomic mass is 9.43. The second-order valence-corrected chi connectivity index (χ2v) is 10.0. The predicted octanol–water partition coefficient (Wildman–Crippen LogP) is 5.11. The van der Waals surface area contributed by atoms with E-state index >= 15 is 0 Å². The molecule has 1 aromatic carbocycles. The highest BCUT2D eigenvalue weighted by Crippen LogP contribution is 2.66. The van der Waals surface area contributed by atoms with E-state index in [1.165, 1.54) is 44.1 Å². The van der Waals surface area contributed by atoms with Crippen LogP contribution in [0.3, 0.4) is 0 Å². The van der Waals surface area contributed by atoms with Gasteiger partial charge >= 0.3 is 6.01 Å². The van der Waals surface area contributed by atoms with E-state index in [2.05, 4.69) is 47.3 Å². The third-order valence-electron chi connectivity index (χ3n) is 6.94. The maximum absolute atomic E-state index is 5.80. The van der Waals surface area contributed by atoms with Gasteiger partial charge < -0.3 is 10.1 Å². The number of nitrogens with zero attached hydrogens (tertiary/aromatic N) is 2. The Hall–Kier alpha value is -1.94. The van der Waals surface area contributed by atoms with Gasteiger partial charge in [0.25, 0.3) is 0 Å². The van der Waals surface area contributed by atoms with E-state index < -0.39 is 0 Å². The van der Waals surface area contributed by atoms with E-state index in [0.717, 1.165) is 18.2 Å². The van der Waals surface area contributed by atoms with Crippen molar-refractivity contribution < 1.29 is 4.74 Å². The summed E-state index contributed by atoms with van der Waals surface area (Å²) in [5, 5.41) is 4.00. The maximum atomic E-state index is 5.80. The molecule has 0 saturated heterocycles. The SMILES string of the molecule is CC12CC3CC(C)(C1)CC(NCc1cccc(Oc4ncccn4)c1)(C3)C2. The fourth-order valence-corrected chi connectivity index (χ4v) is 7.10. The Morgan fingerprint density at radius 2 is 1.74 bits per heavy atom. The predicted molar refractivity (Wildman–Crippen MR) is 106 cm³/mol. The summed E-state index contributed by atoms with van der Waals surface area (Å²) in [5.74, 6) is 1.71. The van der Waals surface area contributed by atoms with E-state index in [9.17, 15) is 0 Å². The Kier molecular flexibility index (Phi) is 3.84. The van der Waals surface area contributed by atoms with Crippen molar-refractivity contribution in [2.75, 3.05) is 0 Å². The van der Waals surface area contributed by atoms with Gasteiger partial charge in [0.2, 0.25) is 0 Å². The molecule has 4 nitrogen and oxygen atoms in total. The largest absolute Gasteiger partial charge is 0.424 e. The molecule has 0 aliphatic heterocycles. The van der Waals surface area contributed by atoms with Gasteiger partial charge in [0.05, 0.1) is 0 Å². The van der Waals surface area contributed by atoms with Crippen LogP contribution in [0.2, 0.25) is 0 Å². The van der Waals surface area contributed by atoms with Crippen LogP contribution in [0.4, 0.5) is 0 Å². The molecule has 4 heteroatoms. The molecular weight excluding hydrogens is 334 g/mol. The van der Waals surface area contributed by atoms with Gasteiger partial charge in [0.1, 0.15) is 5.75 Å². The molecule has 4 aliphatic carbocycles. The lowest BCUT2D eigenvalue weighted by Crippen LogP contribution is -2.63. The van der Waals surface area contributed by atoms with Crippen LogP contribution in [-0.2, 0) is 6.54 Å². The van der Waals surface area contributed by atoms with Gasteiger partial charge in [0.15, 0.2) is 0 Å². The lowest BCUT2D eigenvalue weighted by Gasteiger charge is -2.65. The third-order valence-corrected chi connectivity index (χ3v) is 6.94. The lowest BCUT2D eigenvalue weighted by molar-refractivity contribution is -0.118. The van der Waals surface area contributed by atoms with Crippen LogP contribution in [0.15, 0.2) is 42.7 Å². The van der Waals surface area contributed by atoms with Gasteiger partial charge in [-0.2, -0.15) is 0 Å². The molecule has 1 heterocycles. The molecule has 0 amide bonds. The van der Waals surface area contributed by atoms with Crippen LogP contribution in [0.25, 0.3) is 0 Å². The smallest absolute Gasteiger partial charge is 0.321 e. The molecule has 2 unspecified atom stereocenters. The number of nitrogens with one attached hydrogen (secondary N) is 1. The average molecular weight is 364 g/mol. The van der Waals surface area contributed by atoms with Crippen LogP contribution < -0.4 is 10.1 Å². The van der Waals surface area contributed by atoms with Crippen molar-refractivity contribution in [3.05, 3.63) is 48.3 Å². The van der Waals surface area contributed by atoms with Crippen LogP contribution in [0.5, 0.6) is 11.8 Å². The fraction of sp³-hybridized carbons (Fsp3) is 0.565. The van der Waals surface area contributed by atoms with Crippen molar-refractivity contribution in [3.63, 3.8) is 0 Å². The number of hydrogen-bond acceptors (Lipinski definition) is 4. The Morgan fingerprint density at radius 3 is 2.44 bits per heavy atom. The molecule has 27 heavy (non-hydrogen) atoms. The van der Waals surface area contributed by atoms with Crippen molar-refractivity contribution in [2.24, 2.45) is 16.7 Å². The number of benzene rings is 1. The molecule has 1 aromatic heterocycles. The molecular formula is C23H29N3O. The quantitative estimate of drug-likeness (QED) is 0.802. The van der Waals surface area contributed by atoms with Crippen molar-refractivity contribution in [2.45, 2.75) is 64.5 Å². The molecule has 4 aliphatic rings. The van der Waals surface area contributed by atoms with Crippen molar-refractivity contribution in [1.29, 1.82) is 0 Å². The van der Waals surface area contributed by atoms with Crippen LogP contribution in [-0.4, -0.2) is 15.5 Å². The maximum Gasteiger partial charge on any atom is 0.321 e. The molecule has 4 saturated carbocycles. The first-order chi connectivity index (χ1) is 12.9. The van der Waals surface area contributed by atoms with Crippen molar-refractivity contribution in [1.82, 2.24) is 15.3 Å². The Morgan fingerprint density at radius 1 is 1.00 bits per heavy atom. The summed E-state index contributed by atoms with van der Waals surface area (Å²) in [6, 6.07) is 10.5. The average Bonchev–Trinajstić information content (AvgIpc) is 2.58. The van der Waals surface area contributed by atoms with Gasteiger partial charge in [-0.15, -0.1) is 0 Å². The zero-order chi connectivity index (χ0) is 18.5. The minimum atomic E-state index is 0.322. The van der Waals surface area contributed by atoms with Crippen LogP contribution in [0, 0.1) is 16.7 Å². The highest BCUT2D eigenvalue weighted by molar-refractivity contribution is 5.30. The fourth-order valence-electron chi connectivity index (χ4n) is 7.10. The molecule has 2 aromatic rings. The molecule has 6 rings (SSSR count). The first-order valence-electron chi connectivity index (χ1n) is 10.2. The monoisotopic (exact) mass is 363 g/mol. The Labute approximate surface area is 161 Å². The van der Waals surface area contributed by atoms with E-state index in [-0.39, 0.29) is 0 Å². The van der Waals surface area contributed by atoms with Crippen molar-refractivity contribution >= 4 is 0 Å². The van der Waals surface area contributed by atoms with Crippen LogP contribution >= 0.6 is 0 Å². The Balaban J connectivity index is 1.30. The standard InChI is InChI=1S/C23H29N3O/c1-21-10-18-11-22(2,14-21)16-23(12-18,15-21)26-13-17-5-3-6-19(9-17)27-20-24-7-4-8-25-20/h3-9,18,26H,10-16H2,1-2H3. The highest BCUT2D eigenvalue weighted by atomic mass is 16.5. The van der Waals surface area contributed by atoms with Gasteiger partial charge in [-0.25, -0.2) is 9.97 Å². The molecule has 0 radical (unpaired) electrons. The summed E-state index contributed by atoms with van der Waals surface area (Å²) in [7, 11) is 0. The third kappa shape index (κ3) is 3.36. The van der Waals surface area contributed by atoms with E-state index in [4.69, 9.17) is 4.74 Å². The second kappa shape index (κ2) is 6.03. The zero-order valence-corrected chi connectivity index (χ0v) is 16.4. The number of rotatable bonds is 5. The molecule has 142 valence electrons. The first-order valence-corrected chi connectivity index (χ1v) is 10.2. The Bertz CT molecular complexity index is 819. The van der Waals surface area contributed by atoms with E-state index in [0.29, 0.717) is 22.4 Å². The molecule has 1 N–H and O–H groups in total. The number of aromatic nitrogens is 2. The molecule has 4 bridgehead atoms. The summed E-state index contributed by atoms with van der Waals surface area (Å²) in [4.78, 5) is 8.29. The minimum absolute atomic E-state index is 0.322. The molecule has 2 atom stereocenters. The second-order valence-electron chi connectivity index (χ2n) is 10.0. The van der Waals surface area contributed by atoms with E-state index in [1.54, 1.807) is 18.5 Å². The summed E-state index contributed by atoms with van der Waals surface area (Å²) in [5.41, 5.74) is 2.66.